The molecule has 0 N–H and O–H groups in total. The summed E-state index contributed by atoms with van der Waals surface area (Å²) in [6.45, 7) is 8.13. The number of aryl methyl sites for hydroxylation is 2. The van der Waals surface area contributed by atoms with Crippen LogP contribution < -0.4 is 4.74 Å². The molecule has 0 amide bonds. The molecule has 0 atom stereocenters. The molecule has 1 aromatic heterocycles. The van der Waals surface area contributed by atoms with E-state index in [-0.39, 0.29) is 5.92 Å². The Balaban J connectivity index is 1.77. The monoisotopic (exact) mass is 432 g/mol. The van der Waals surface area contributed by atoms with Crippen molar-refractivity contribution in [2.24, 2.45) is 0 Å². The summed E-state index contributed by atoms with van der Waals surface area (Å²) in [5, 5.41) is 0.528. The van der Waals surface area contributed by atoms with Crippen LogP contribution >= 0.6 is 11.8 Å². The summed E-state index contributed by atoms with van der Waals surface area (Å²) in [5.74, 6) is 1.79. The number of nitrogens with zero attached hydrogens (tertiary/aromatic N) is 2. The van der Waals surface area contributed by atoms with Crippen LogP contribution in [-0.2, 0) is 11.9 Å². The second kappa shape index (κ2) is 9.08. The van der Waals surface area contributed by atoms with Gasteiger partial charge in [-0.25, -0.2) is 4.98 Å². The highest BCUT2D eigenvalue weighted by atomic mass is 32.2. The van der Waals surface area contributed by atoms with Crippen LogP contribution in [0.25, 0.3) is 0 Å². The van der Waals surface area contributed by atoms with Crippen molar-refractivity contribution in [3.05, 3.63) is 76.5 Å². The van der Waals surface area contributed by atoms with Crippen LogP contribution in [-0.4, -0.2) is 9.97 Å². The minimum absolute atomic E-state index is 0.181. The summed E-state index contributed by atoms with van der Waals surface area (Å²) >= 11 is 1.37. The van der Waals surface area contributed by atoms with Gasteiger partial charge < -0.3 is 4.74 Å². The molecule has 0 radical (unpaired) electrons. The zero-order chi connectivity index (χ0) is 21.9. The van der Waals surface area contributed by atoms with E-state index < -0.39 is 11.7 Å². The number of aromatic nitrogens is 2. The van der Waals surface area contributed by atoms with Gasteiger partial charge in [0.05, 0.1) is 11.3 Å². The van der Waals surface area contributed by atoms with Crippen molar-refractivity contribution < 1.29 is 17.9 Å². The van der Waals surface area contributed by atoms with Crippen LogP contribution in [0.15, 0.2) is 53.7 Å². The predicted molar refractivity (Wildman–Crippen MR) is 113 cm³/mol. The fourth-order valence-electron chi connectivity index (χ4n) is 2.67. The van der Waals surface area contributed by atoms with E-state index in [4.69, 9.17) is 4.74 Å². The van der Waals surface area contributed by atoms with Gasteiger partial charge in [0.2, 0.25) is 5.88 Å². The normalized spacial score (nSPS) is 11.7. The lowest BCUT2D eigenvalue weighted by Crippen LogP contribution is -2.04. The fraction of sp³-hybridized carbons (Fsp3) is 0.304. The average Bonchev–Trinajstić information content (AvgIpc) is 2.69. The van der Waals surface area contributed by atoms with Crippen molar-refractivity contribution in [3.8, 4) is 11.6 Å². The van der Waals surface area contributed by atoms with Gasteiger partial charge in [-0.05, 0) is 60.7 Å². The molecule has 7 heteroatoms. The van der Waals surface area contributed by atoms with E-state index in [2.05, 4.69) is 9.97 Å². The first-order valence-corrected chi connectivity index (χ1v) is 10.5. The zero-order valence-electron chi connectivity index (χ0n) is 17.2. The van der Waals surface area contributed by atoms with Crippen LogP contribution in [0.5, 0.6) is 11.6 Å². The SMILES string of the molecule is Cc1ccc(Oc2cc(C(C)C)nc(SCc3ccc(C(F)(F)F)cc3)n2)cc1C. The Morgan fingerprint density at radius 2 is 1.63 bits per heavy atom. The minimum atomic E-state index is -4.33. The standard InChI is InChI=1S/C23H23F3N2OS/c1-14(2)20-12-21(29-19-10-5-15(3)16(4)11-19)28-22(27-20)30-13-17-6-8-18(9-7-17)23(24,25)26/h5-12,14H,13H2,1-4H3. The van der Waals surface area contributed by atoms with Crippen LogP contribution in [0.2, 0.25) is 0 Å². The van der Waals surface area contributed by atoms with E-state index in [0.29, 0.717) is 22.5 Å². The van der Waals surface area contributed by atoms with Crippen LogP contribution in [0.1, 0.15) is 47.7 Å². The first kappa shape index (κ1) is 22.2. The second-order valence-electron chi connectivity index (χ2n) is 7.40. The predicted octanol–water partition coefficient (Wildman–Crippen LogP) is 7.32. The molecule has 0 aliphatic heterocycles. The zero-order valence-corrected chi connectivity index (χ0v) is 18.1. The molecule has 0 spiro atoms. The number of halogens is 3. The third-order valence-corrected chi connectivity index (χ3v) is 5.56. The first-order valence-electron chi connectivity index (χ1n) is 9.55. The highest BCUT2D eigenvalue weighted by molar-refractivity contribution is 7.98. The molecule has 0 bridgehead atoms. The summed E-state index contributed by atoms with van der Waals surface area (Å²) in [7, 11) is 0. The van der Waals surface area contributed by atoms with E-state index >= 15 is 0 Å². The molecular formula is C23H23F3N2OS. The fourth-order valence-corrected chi connectivity index (χ4v) is 3.48. The average molecular weight is 433 g/mol. The highest BCUT2D eigenvalue weighted by Crippen LogP contribution is 2.31. The second-order valence-corrected chi connectivity index (χ2v) is 8.34. The molecule has 2 aromatic carbocycles. The van der Waals surface area contributed by atoms with Gasteiger partial charge >= 0.3 is 6.18 Å². The Bertz CT molecular complexity index is 1020. The molecule has 0 saturated heterocycles. The van der Waals surface area contributed by atoms with Gasteiger partial charge in [-0.15, -0.1) is 0 Å². The quantitative estimate of drug-likeness (QED) is 0.302. The molecule has 158 valence electrons. The molecule has 0 unspecified atom stereocenters. The van der Waals surface area contributed by atoms with Crippen LogP contribution in [0.4, 0.5) is 13.2 Å². The number of hydrogen-bond donors (Lipinski definition) is 0. The van der Waals surface area contributed by atoms with E-state index in [0.717, 1.165) is 29.0 Å². The lowest BCUT2D eigenvalue weighted by atomic mass is 10.1. The Kier molecular flexibility index (Phi) is 6.71. The van der Waals surface area contributed by atoms with Crippen molar-refractivity contribution in [1.29, 1.82) is 0 Å². The Labute approximate surface area is 178 Å². The maximum absolute atomic E-state index is 12.7. The van der Waals surface area contributed by atoms with Gasteiger partial charge in [0.1, 0.15) is 5.75 Å². The molecule has 3 rings (SSSR count). The molecule has 30 heavy (non-hydrogen) atoms. The van der Waals surface area contributed by atoms with Crippen molar-refractivity contribution in [2.45, 2.75) is 50.7 Å². The van der Waals surface area contributed by atoms with Crippen LogP contribution in [0, 0.1) is 13.8 Å². The maximum atomic E-state index is 12.7. The molecule has 0 aliphatic rings. The first-order chi connectivity index (χ1) is 14.1. The van der Waals surface area contributed by atoms with E-state index in [9.17, 15) is 13.2 Å². The number of thioether (sulfide) groups is 1. The number of ether oxygens (including phenoxy) is 1. The summed E-state index contributed by atoms with van der Waals surface area (Å²) < 4.78 is 44.1. The van der Waals surface area contributed by atoms with Crippen molar-refractivity contribution in [3.63, 3.8) is 0 Å². The smallest absolute Gasteiger partial charge is 0.416 e. The van der Waals surface area contributed by atoms with Gasteiger partial charge in [-0.2, -0.15) is 18.2 Å². The van der Waals surface area contributed by atoms with E-state index in [1.54, 1.807) is 0 Å². The topological polar surface area (TPSA) is 35.0 Å². The molecule has 0 fully saturated rings. The number of rotatable bonds is 6. The third-order valence-electron chi connectivity index (χ3n) is 4.64. The summed E-state index contributed by atoms with van der Waals surface area (Å²) in [6, 6.07) is 12.8. The van der Waals surface area contributed by atoms with Gasteiger partial charge in [0.25, 0.3) is 0 Å². The summed E-state index contributed by atoms with van der Waals surface area (Å²) in [5.41, 5.74) is 3.27. The summed E-state index contributed by atoms with van der Waals surface area (Å²) in [6.07, 6.45) is -4.33. The lowest BCUT2D eigenvalue weighted by molar-refractivity contribution is -0.137. The molecule has 3 nitrogen and oxygen atoms in total. The Morgan fingerprint density at radius 3 is 2.23 bits per heavy atom. The van der Waals surface area contributed by atoms with Crippen molar-refractivity contribution in [2.75, 3.05) is 0 Å². The highest BCUT2D eigenvalue weighted by Gasteiger charge is 2.29. The van der Waals surface area contributed by atoms with Gasteiger partial charge in [-0.1, -0.05) is 43.8 Å². The number of hydrogen-bond acceptors (Lipinski definition) is 4. The van der Waals surface area contributed by atoms with E-state index in [1.165, 1.54) is 29.5 Å². The molecule has 0 aliphatic carbocycles. The molecule has 1 heterocycles. The van der Waals surface area contributed by atoms with Crippen molar-refractivity contribution in [1.82, 2.24) is 9.97 Å². The van der Waals surface area contributed by atoms with Gasteiger partial charge in [-0.3, -0.25) is 0 Å². The number of benzene rings is 2. The minimum Gasteiger partial charge on any atom is -0.439 e. The molecule has 0 saturated carbocycles. The number of alkyl halides is 3. The van der Waals surface area contributed by atoms with Gasteiger partial charge in [0, 0.05) is 11.8 Å². The van der Waals surface area contributed by atoms with Crippen molar-refractivity contribution >= 4 is 11.8 Å². The largest absolute Gasteiger partial charge is 0.439 e. The molecule has 3 aromatic rings. The van der Waals surface area contributed by atoms with Crippen LogP contribution in [0.3, 0.4) is 0 Å². The maximum Gasteiger partial charge on any atom is 0.416 e. The molecular weight excluding hydrogens is 409 g/mol. The van der Waals surface area contributed by atoms with Gasteiger partial charge in [0.15, 0.2) is 5.16 Å². The Hall–Kier alpha value is -2.54. The third kappa shape index (κ3) is 5.75. The Morgan fingerprint density at radius 1 is 0.933 bits per heavy atom. The lowest BCUT2D eigenvalue weighted by Gasteiger charge is -2.12. The van der Waals surface area contributed by atoms with E-state index in [1.807, 2.05) is 52.0 Å². The summed E-state index contributed by atoms with van der Waals surface area (Å²) in [4.78, 5) is 9.05.